The molecular weight excluding hydrogens is 388 g/mol. The van der Waals surface area contributed by atoms with E-state index in [-0.39, 0.29) is 5.91 Å². The zero-order chi connectivity index (χ0) is 14.9. The van der Waals surface area contributed by atoms with Crippen LogP contribution in [0.15, 0.2) is 27.1 Å². The van der Waals surface area contributed by atoms with Crippen LogP contribution in [0.3, 0.4) is 0 Å². The molecule has 0 aliphatic carbocycles. The molecule has 0 unspecified atom stereocenters. The minimum absolute atomic E-state index is 0.234. The van der Waals surface area contributed by atoms with Crippen LogP contribution in [-0.4, -0.2) is 15.7 Å². The van der Waals surface area contributed by atoms with Gasteiger partial charge in [0.05, 0.1) is 17.1 Å². The van der Waals surface area contributed by atoms with E-state index in [9.17, 15) is 4.79 Å². The average Bonchev–Trinajstić information content (AvgIpc) is 2.75. The highest BCUT2D eigenvalue weighted by Crippen LogP contribution is 2.32. The van der Waals surface area contributed by atoms with Crippen molar-refractivity contribution in [1.29, 1.82) is 0 Å². The van der Waals surface area contributed by atoms with Crippen LogP contribution < -0.4 is 11.1 Å². The van der Waals surface area contributed by atoms with Crippen molar-refractivity contribution in [2.24, 2.45) is 0 Å². The molecule has 3 N–H and O–H groups in total. The molecule has 5 nitrogen and oxygen atoms in total. The van der Waals surface area contributed by atoms with Gasteiger partial charge in [-0.3, -0.25) is 9.48 Å². The lowest BCUT2D eigenvalue weighted by Crippen LogP contribution is -2.18. The van der Waals surface area contributed by atoms with Gasteiger partial charge in [-0.15, -0.1) is 0 Å². The van der Waals surface area contributed by atoms with Crippen molar-refractivity contribution in [3.8, 4) is 0 Å². The molecule has 1 heterocycles. The van der Waals surface area contributed by atoms with Gasteiger partial charge in [0.25, 0.3) is 5.91 Å². The first-order valence-electron chi connectivity index (χ1n) is 6.02. The third kappa shape index (κ3) is 3.04. The number of hydrogen-bond donors (Lipinski definition) is 2. The molecule has 1 aromatic carbocycles. The number of carbonyl (C=O) groups excluding carboxylic acids is 1. The van der Waals surface area contributed by atoms with Gasteiger partial charge in [0.15, 0.2) is 0 Å². The number of aromatic nitrogens is 2. The van der Waals surface area contributed by atoms with Crippen LogP contribution in [0.4, 0.5) is 11.4 Å². The molecule has 20 heavy (non-hydrogen) atoms. The number of halogens is 2. The molecule has 106 valence electrons. The fraction of sp³-hybridized carbons (Fsp3) is 0.231. The molecule has 0 aliphatic heterocycles. The lowest BCUT2D eigenvalue weighted by Gasteiger charge is -2.11. The summed E-state index contributed by atoms with van der Waals surface area (Å²) in [6, 6.07) is 5.32. The molecule has 0 saturated heterocycles. The lowest BCUT2D eigenvalue weighted by atomic mass is 10.2. The van der Waals surface area contributed by atoms with Crippen molar-refractivity contribution in [2.75, 3.05) is 11.1 Å². The second-order valence-electron chi connectivity index (χ2n) is 4.29. The highest BCUT2D eigenvalue weighted by Gasteiger charge is 2.16. The summed E-state index contributed by atoms with van der Waals surface area (Å²) < 4.78 is 3.22. The Balaban J connectivity index is 2.32. The number of rotatable bonds is 3. The van der Waals surface area contributed by atoms with E-state index >= 15 is 0 Å². The highest BCUT2D eigenvalue weighted by molar-refractivity contribution is 9.11. The zero-order valence-corrected chi connectivity index (χ0v) is 14.2. The second-order valence-corrected chi connectivity index (χ2v) is 6.06. The number of nitrogens with one attached hydrogen (secondary N) is 1. The smallest absolute Gasteiger partial charge is 0.274 e. The number of amides is 1. The van der Waals surface area contributed by atoms with E-state index < -0.39 is 0 Å². The highest BCUT2D eigenvalue weighted by atomic mass is 79.9. The Labute approximate surface area is 133 Å². The van der Waals surface area contributed by atoms with Crippen LogP contribution in [0, 0.1) is 6.92 Å². The monoisotopic (exact) mass is 400 g/mol. The van der Waals surface area contributed by atoms with Crippen LogP contribution >= 0.6 is 31.9 Å². The van der Waals surface area contributed by atoms with Crippen LogP contribution in [0.2, 0.25) is 0 Å². The Morgan fingerprint density at radius 2 is 2.10 bits per heavy atom. The number of nitrogens with two attached hydrogens (primary N) is 1. The first kappa shape index (κ1) is 15.1. The topological polar surface area (TPSA) is 72.9 Å². The van der Waals surface area contributed by atoms with Crippen molar-refractivity contribution >= 4 is 49.1 Å². The maximum atomic E-state index is 12.3. The number of aryl methyl sites for hydroxylation is 2. The van der Waals surface area contributed by atoms with Crippen LogP contribution in [0.25, 0.3) is 0 Å². The Morgan fingerprint density at radius 3 is 2.70 bits per heavy atom. The minimum atomic E-state index is -0.234. The summed E-state index contributed by atoms with van der Waals surface area (Å²) in [6.45, 7) is 4.42. The first-order valence-corrected chi connectivity index (χ1v) is 7.61. The quantitative estimate of drug-likeness (QED) is 0.772. The third-order valence-electron chi connectivity index (χ3n) is 2.76. The molecule has 2 rings (SSSR count). The molecule has 0 aliphatic rings. The fourth-order valence-corrected chi connectivity index (χ4v) is 3.23. The van der Waals surface area contributed by atoms with Gasteiger partial charge in [-0.05, 0) is 48.0 Å². The van der Waals surface area contributed by atoms with E-state index in [4.69, 9.17) is 5.73 Å². The summed E-state index contributed by atoms with van der Waals surface area (Å²) in [6.07, 6.45) is 0. The summed E-state index contributed by atoms with van der Waals surface area (Å²) in [5.41, 5.74) is 8.29. The molecule has 1 aromatic heterocycles. The summed E-state index contributed by atoms with van der Waals surface area (Å²) in [5.74, 6) is -0.234. The van der Waals surface area contributed by atoms with Crippen molar-refractivity contribution < 1.29 is 4.79 Å². The van der Waals surface area contributed by atoms with E-state index in [0.29, 0.717) is 23.6 Å². The van der Waals surface area contributed by atoms with E-state index in [0.717, 1.165) is 14.6 Å². The molecule has 0 saturated carbocycles. The molecule has 7 heteroatoms. The largest absolute Gasteiger partial charge is 0.397 e. The number of nitrogens with zero attached hydrogens (tertiary/aromatic N) is 2. The van der Waals surface area contributed by atoms with E-state index in [1.54, 1.807) is 16.8 Å². The molecule has 0 atom stereocenters. The van der Waals surface area contributed by atoms with Crippen molar-refractivity contribution in [3.63, 3.8) is 0 Å². The van der Waals surface area contributed by atoms with Crippen LogP contribution in [0.5, 0.6) is 0 Å². The van der Waals surface area contributed by atoms with Gasteiger partial charge in [0.2, 0.25) is 0 Å². The van der Waals surface area contributed by atoms with E-state index in [1.807, 2.05) is 19.9 Å². The van der Waals surface area contributed by atoms with Crippen LogP contribution in [0.1, 0.15) is 23.1 Å². The summed E-state index contributed by atoms with van der Waals surface area (Å²) in [7, 11) is 0. The van der Waals surface area contributed by atoms with E-state index in [1.165, 1.54) is 0 Å². The maximum Gasteiger partial charge on any atom is 0.274 e. The van der Waals surface area contributed by atoms with Gasteiger partial charge in [0.1, 0.15) is 5.69 Å². The predicted molar refractivity (Wildman–Crippen MR) is 86.8 cm³/mol. The molecular formula is C13H14Br2N4O. The Morgan fingerprint density at radius 1 is 1.40 bits per heavy atom. The third-order valence-corrected chi connectivity index (χ3v) is 3.84. The lowest BCUT2D eigenvalue weighted by molar-refractivity contribution is 0.101. The summed E-state index contributed by atoms with van der Waals surface area (Å²) in [4.78, 5) is 12.3. The van der Waals surface area contributed by atoms with Crippen molar-refractivity contribution in [3.05, 3.63) is 38.5 Å². The van der Waals surface area contributed by atoms with E-state index in [2.05, 4.69) is 42.3 Å². The molecule has 0 spiro atoms. The first-order chi connectivity index (χ1) is 9.42. The van der Waals surface area contributed by atoms with Crippen LogP contribution in [-0.2, 0) is 6.54 Å². The van der Waals surface area contributed by atoms with Gasteiger partial charge in [-0.2, -0.15) is 5.10 Å². The number of hydrogen-bond acceptors (Lipinski definition) is 3. The van der Waals surface area contributed by atoms with Gasteiger partial charge in [-0.1, -0.05) is 15.9 Å². The Bertz CT molecular complexity index is 643. The van der Waals surface area contributed by atoms with Crippen molar-refractivity contribution in [2.45, 2.75) is 20.4 Å². The minimum Gasteiger partial charge on any atom is -0.397 e. The maximum absolute atomic E-state index is 12.3. The molecule has 0 fully saturated rings. The summed E-state index contributed by atoms with van der Waals surface area (Å²) >= 11 is 6.74. The summed E-state index contributed by atoms with van der Waals surface area (Å²) in [5, 5.41) is 7.07. The normalized spacial score (nSPS) is 10.6. The number of anilines is 2. The Kier molecular flexibility index (Phi) is 4.49. The fourth-order valence-electron chi connectivity index (χ4n) is 1.87. The number of nitrogen functional groups attached to an aromatic ring is 1. The average molecular weight is 402 g/mol. The number of carbonyl (C=O) groups is 1. The number of benzene rings is 1. The molecule has 0 radical (unpaired) electrons. The SMILES string of the molecule is CCn1nc(C)cc1C(=O)Nc1c(N)cc(Br)cc1Br. The molecule has 0 bridgehead atoms. The van der Waals surface area contributed by atoms with Gasteiger partial charge >= 0.3 is 0 Å². The van der Waals surface area contributed by atoms with Gasteiger partial charge < -0.3 is 11.1 Å². The molecule has 1 amide bonds. The molecule has 2 aromatic rings. The Hall–Kier alpha value is -1.34. The van der Waals surface area contributed by atoms with Gasteiger partial charge in [-0.25, -0.2) is 0 Å². The standard InChI is InChI=1S/C13H14Br2N4O/c1-3-19-11(4-7(2)18-19)13(20)17-12-9(15)5-8(14)6-10(12)16/h4-6H,3,16H2,1-2H3,(H,17,20). The van der Waals surface area contributed by atoms with Crippen molar-refractivity contribution in [1.82, 2.24) is 9.78 Å². The predicted octanol–water partition coefficient (Wildman–Crippen LogP) is 3.57. The zero-order valence-electron chi connectivity index (χ0n) is 11.1. The second kappa shape index (κ2) is 5.97. The van der Waals surface area contributed by atoms with Gasteiger partial charge in [0, 0.05) is 15.5 Å².